The van der Waals surface area contributed by atoms with Gasteiger partial charge < -0.3 is 10.6 Å². The highest BCUT2D eigenvalue weighted by atomic mass is 16.2. The molecule has 0 bridgehead atoms. The summed E-state index contributed by atoms with van der Waals surface area (Å²) in [6.45, 7) is 8.21. The summed E-state index contributed by atoms with van der Waals surface area (Å²) in [5, 5.41) is 5.52. The Hall–Kier alpha value is -1.06. The molecule has 1 saturated carbocycles. The Bertz CT molecular complexity index is 276. The van der Waals surface area contributed by atoms with E-state index in [4.69, 9.17) is 0 Å². The van der Waals surface area contributed by atoms with E-state index in [0.29, 0.717) is 11.8 Å². The van der Waals surface area contributed by atoms with Crippen molar-refractivity contribution in [3.05, 3.63) is 0 Å². The van der Waals surface area contributed by atoms with Crippen molar-refractivity contribution in [1.82, 2.24) is 10.6 Å². The number of carbonyl (C=O) groups is 2. The summed E-state index contributed by atoms with van der Waals surface area (Å²) in [4.78, 5) is 22.9. The third-order valence-electron chi connectivity index (χ3n) is 3.26. The second-order valence-electron chi connectivity index (χ2n) is 5.14. The van der Waals surface area contributed by atoms with Gasteiger partial charge in [0.25, 0.3) is 0 Å². The van der Waals surface area contributed by atoms with Crippen molar-refractivity contribution < 1.29 is 9.59 Å². The van der Waals surface area contributed by atoms with Gasteiger partial charge in [-0.15, -0.1) is 0 Å². The Kier molecular flexibility index (Phi) is 4.33. The fraction of sp³-hybridized carbons (Fsp3) is 0.833. The fourth-order valence-electron chi connectivity index (χ4n) is 1.46. The molecular formula is C12H22N2O2. The standard InChI is InChI=1S/C12H22N2O2/c1-7(2)9(4)14-11(15)6-13-12(16)10-5-8(10)3/h7-10H,5-6H2,1-4H3,(H,13,16)(H,14,15)/t8-,9-,10+/m0/s1. The van der Waals surface area contributed by atoms with Crippen LogP contribution in [0, 0.1) is 17.8 Å². The highest BCUT2D eigenvalue weighted by molar-refractivity contribution is 5.87. The minimum Gasteiger partial charge on any atom is -0.352 e. The molecule has 0 unspecified atom stereocenters. The van der Waals surface area contributed by atoms with Gasteiger partial charge in [0.15, 0.2) is 0 Å². The molecule has 1 aliphatic carbocycles. The lowest BCUT2D eigenvalue weighted by Gasteiger charge is -2.17. The summed E-state index contributed by atoms with van der Waals surface area (Å²) >= 11 is 0. The van der Waals surface area contributed by atoms with Gasteiger partial charge in [-0.05, 0) is 25.2 Å². The first-order valence-corrected chi connectivity index (χ1v) is 5.99. The molecule has 1 rings (SSSR count). The molecule has 0 aromatic carbocycles. The number of rotatable bonds is 5. The number of nitrogens with one attached hydrogen (secondary N) is 2. The minimum absolute atomic E-state index is 0.0138. The van der Waals surface area contributed by atoms with Gasteiger partial charge in [0.2, 0.25) is 11.8 Å². The summed E-state index contributed by atoms with van der Waals surface area (Å²) in [6.07, 6.45) is 0.954. The van der Waals surface area contributed by atoms with E-state index in [1.54, 1.807) is 0 Å². The van der Waals surface area contributed by atoms with E-state index in [0.717, 1.165) is 6.42 Å². The van der Waals surface area contributed by atoms with Crippen LogP contribution in [0.2, 0.25) is 0 Å². The Balaban J connectivity index is 2.17. The predicted molar refractivity (Wildman–Crippen MR) is 62.7 cm³/mol. The maximum atomic E-state index is 11.5. The average molecular weight is 226 g/mol. The molecule has 2 amide bonds. The second-order valence-corrected chi connectivity index (χ2v) is 5.14. The normalized spacial score (nSPS) is 25.1. The summed E-state index contributed by atoms with van der Waals surface area (Å²) in [5.41, 5.74) is 0. The van der Waals surface area contributed by atoms with Crippen molar-refractivity contribution in [2.45, 2.75) is 40.2 Å². The predicted octanol–water partition coefficient (Wildman–Crippen LogP) is 0.919. The zero-order valence-corrected chi connectivity index (χ0v) is 10.5. The smallest absolute Gasteiger partial charge is 0.239 e. The SMILES string of the molecule is CC(C)[C@H](C)NC(=O)CNC(=O)[C@@H]1C[C@@H]1C. The van der Waals surface area contributed by atoms with Gasteiger partial charge in [-0.1, -0.05) is 20.8 Å². The summed E-state index contributed by atoms with van der Waals surface area (Å²) in [7, 11) is 0. The molecule has 0 aromatic heterocycles. The Morgan fingerprint density at radius 2 is 1.88 bits per heavy atom. The van der Waals surface area contributed by atoms with Crippen molar-refractivity contribution in [3.8, 4) is 0 Å². The van der Waals surface area contributed by atoms with E-state index >= 15 is 0 Å². The lowest BCUT2D eigenvalue weighted by Crippen LogP contribution is -2.43. The zero-order valence-electron chi connectivity index (χ0n) is 10.5. The van der Waals surface area contributed by atoms with Crippen LogP contribution in [-0.4, -0.2) is 24.4 Å². The first-order chi connectivity index (χ1) is 7.41. The van der Waals surface area contributed by atoms with Crippen LogP contribution in [0.5, 0.6) is 0 Å². The molecule has 0 aromatic rings. The quantitative estimate of drug-likeness (QED) is 0.732. The van der Waals surface area contributed by atoms with Crippen molar-refractivity contribution in [3.63, 3.8) is 0 Å². The molecule has 0 saturated heterocycles. The molecule has 0 heterocycles. The summed E-state index contributed by atoms with van der Waals surface area (Å²) < 4.78 is 0. The van der Waals surface area contributed by atoms with Crippen LogP contribution in [0.25, 0.3) is 0 Å². The Labute approximate surface area is 97.2 Å². The van der Waals surface area contributed by atoms with E-state index in [-0.39, 0.29) is 30.3 Å². The first kappa shape index (κ1) is 13.0. The van der Waals surface area contributed by atoms with Gasteiger partial charge in [0, 0.05) is 12.0 Å². The van der Waals surface area contributed by atoms with Crippen molar-refractivity contribution in [1.29, 1.82) is 0 Å². The number of amides is 2. The van der Waals surface area contributed by atoms with Crippen LogP contribution in [0.4, 0.5) is 0 Å². The maximum Gasteiger partial charge on any atom is 0.239 e. The average Bonchev–Trinajstić information content (AvgIpc) is 2.91. The summed E-state index contributed by atoms with van der Waals surface area (Å²) in [6, 6.07) is 0.143. The molecule has 1 fully saturated rings. The van der Waals surface area contributed by atoms with Crippen LogP contribution in [-0.2, 0) is 9.59 Å². The molecular weight excluding hydrogens is 204 g/mol. The van der Waals surface area contributed by atoms with Crippen LogP contribution in [0.15, 0.2) is 0 Å². The van der Waals surface area contributed by atoms with Gasteiger partial charge in [0.05, 0.1) is 6.54 Å². The minimum atomic E-state index is -0.108. The van der Waals surface area contributed by atoms with Gasteiger partial charge >= 0.3 is 0 Å². The topological polar surface area (TPSA) is 58.2 Å². The molecule has 4 nitrogen and oxygen atoms in total. The van der Waals surface area contributed by atoms with Gasteiger partial charge in [-0.3, -0.25) is 9.59 Å². The lowest BCUT2D eigenvalue weighted by atomic mass is 10.1. The molecule has 0 spiro atoms. The summed E-state index contributed by atoms with van der Waals surface area (Å²) in [5.74, 6) is 0.929. The third-order valence-corrected chi connectivity index (χ3v) is 3.26. The van der Waals surface area contributed by atoms with E-state index in [1.165, 1.54) is 0 Å². The van der Waals surface area contributed by atoms with E-state index in [1.807, 2.05) is 13.8 Å². The van der Waals surface area contributed by atoms with Crippen molar-refractivity contribution in [2.24, 2.45) is 17.8 Å². The molecule has 1 aliphatic rings. The van der Waals surface area contributed by atoms with E-state index < -0.39 is 0 Å². The number of hydrogen-bond donors (Lipinski definition) is 2. The van der Waals surface area contributed by atoms with E-state index in [9.17, 15) is 9.59 Å². The molecule has 2 N–H and O–H groups in total. The van der Waals surface area contributed by atoms with Gasteiger partial charge in [-0.25, -0.2) is 0 Å². The number of hydrogen-bond acceptors (Lipinski definition) is 2. The zero-order chi connectivity index (χ0) is 12.3. The van der Waals surface area contributed by atoms with E-state index in [2.05, 4.69) is 24.5 Å². The molecule has 16 heavy (non-hydrogen) atoms. The maximum absolute atomic E-state index is 11.5. The van der Waals surface area contributed by atoms with Crippen molar-refractivity contribution in [2.75, 3.05) is 6.54 Å². The monoisotopic (exact) mass is 226 g/mol. The third kappa shape index (κ3) is 3.83. The molecule has 0 aliphatic heterocycles. The highest BCUT2D eigenvalue weighted by Crippen LogP contribution is 2.37. The van der Waals surface area contributed by atoms with Gasteiger partial charge in [-0.2, -0.15) is 0 Å². The van der Waals surface area contributed by atoms with Crippen LogP contribution >= 0.6 is 0 Å². The molecule has 3 atom stereocenters. The molecule has 4 heteroatoms. The first-order valence-electron chi connectivity index (χ1n) is 5.99. The largest absolute Gasteiger partial charge is 0.352 e. The Morgan fingerprint density at radius 1 is 1.31 bits per heavy atom. The second kappa shape index (κ2) is 5.32. The van der Waals surface area contributed by atoms with Gasteiger partial charge in [0.1, 0.15) is 0 Å². The number of carbonyl (C=O) groups excluding carboxylic acids is 2. The van der Waals surface area contributed by atoms with Crippen molar-refractivity contribution >= 4 is 11.8 Å². The highest BCUT2D eigenvalue weighted by Gasteiger charge is 2.38. The fourth-order valence-corrected chi connectivity index (χ4v) is 1.46. The Morgan fingerprint density at radius 3 is 2.31 bits per heavy atom. The molecule has 92 valence electrons. The lowest BCUT2D eigenvalue weighted by molar-refractivity contribution is -0.127. The van der Waals surface area contributed by atoms with Crippen LogP contribution in [0.1, 0.15) is 34.1 Å². The van der Waals surface area contributed by atoms with Crippen LogP contribution < -0.4 is 10.6 Å². The van der Waals surface area contributed by atoms with Crippen LogP contribution in [0.3, 0.4) is 0 Å². The molecule has 0 radical (unpaired) electrons.